The van der Waals surface area contributed by atoms with Gasteiger partial charge in [-0.2, -0.15) is 0 Å². The van der Waals surface area contributed by atoms with Crippen LogP contribution in [0.15, 0.2) is 79.6 Å². The summed E-state index contributed by atoms with van der Waals surface area (Å²) in [6.45, 7) is 3.74. The Kier molecular flexibility index (Phi) is 5.94. The normalized spacial score (nSPS) is 10.3. The standard InChI is InChI=1S/C22H19FN2O2/c1-2-22(26)25-21-7-6-20(27-15-17-4-3-5-19(23)13-17)14-18(21)12-16-8-10-24-11-9-16/h2-11,13-14H,1,12,15H2,(H,25,26). The Morgan fingerprint density at radius 1 is 1.11 bits per heavy atom. The highest BCUT2D eigenvalue weighted by molar-refractivity contribution is 5.99. The van der Waals surface area contributed by atoms with Crippen molar-refractivity contribution in [3.8, 4) is 5.75 Å². The summed E-state index contributed by atoms with van der Waals surface area (Å²) < 4.78 is 19.1. The lowest BCUT2D eigenvalue weighted by molar-refractivity contribution is -0.111. The molecule has 0 aliphatic carbocycles. The highest BCUT2D eigenvalue weighted by Gasteiger charge is 2.09. The Labute approximate surface area is 157 Å². The molecule has 0 aliphatic rings. The van der Waals surface area contributed by atoms with Gasteiger partial charge >= 0.3 is 0 Å². The van der Waals surface area contributed by atoms with Crippen molar-refractivity contribution in [1.29, 1.82) is 0 Å². The topological polar surface area (TPSA) is 51.2 Å². The van der Waals surface area contributed by atoms with Crippen molar-refractivity contribution >= 4 is 11.6 Å². The lowest BCUT2D eigenvalue weighted by Crippen LogP contribution is -2.10. The first-order chi connectivity index (χ1) is 13.1. The Hall–Kier alpha value is -3.47. The van der Waals surface area contributed by atoms with E-state index in [2.05, 4.69) is 16.9 Å². The van der Waals surface area contributed by atoms with E-state index in [4.69, 9.17) is 4.74 Å². The number of nitrogens with one attached hydrogen (secondary N) is 1. The molecular formula is C22H19FN2O2. The second-order valence-electron chi connectivity index (χ2n) is 5.96. The van der Waals surface area contributed by atoms with Crippen LogP contribution in [-0.4, -0.2) is 10.9 Å². The summed E-state index contributed by atoms with van der Waals surface area (Å²) in [7, 11) is 0. The predicted molar refractivity (Wildman–Crippen MR) is 103 cm³/mol. The van der Waals surface area contributed by atoms with E-state index in [0.29, 0.717) is 17.9 Å². The smallest absolute Gasteiger partial charge is 0.247 e. The molecule has 27 heavy (non-hydrogen) atoms. The van der Waals surface area contributed by atoms with Gasteiger partial charge in [0.25, 0.3) is 0 Å². The zero-order valence-corrected chi connectivity index (χ0v) is 14.7. The highest BCUT2D eigenvalue weighted by Crippen LogP contribution is 2.25. The average Bonchev–Trinajstić information content (AvgIpc) is 2.69. The van der Waals surface area contributed by atoms with Crippen LogP contribution in [0.5, 0.6) is 5.75 Å². The molecule has 0 saturated carbocycles. The summed E-state index contributed by atoms with van der Waals surface area (Å²) in [6.07, 6.45) is 5.28. The summed E-state index contributed by atoms with van der Waals surface area (Å²) in [4.78, 5) is 15.7. The van der Waals surface area contributed by atoms with E-state index < -0.39 is 0 Å². The lowest BCUT2D eigenvalue weighted by Gasteiger charge is -2.13. The van der Waals surface area contributed by atoms with E-state index >= 15 is 0 Å². The fraction of sp³-hybridized carbons (Fsp3) is 0.0909. The average molecular weight is 362 g/mol. The number of amides is 1. The molecule has 1 amide bonds. The number of carbonyl (C=O) groups excluding carboxylic acids is 1. The number of carbonyl (C=O) groups is 1. The molecule has 2 aromatic carbocycles. The van der Waals surface area contributed by atoms with Gasteiger partial charge in [-0.25, -0.2) is 4.39 Å². The Balaban J connectivity index is 1.81. The van der Waals surface area contributed by atoms with Crippen molar-refractivity contribution in [2.45, 2.75) is 13.0 Å². The van der Waals surface area contributed by atoms with Crippen LogP contribution >= 0.6 is 0 Å². The molecule has 0 saturated heterocycles. The van der Waals surface area contributed by atoms with Crippen LogP contribution in [0.4, 0.5) is 10.1 Å². The highest BCUT2D eigenvalue weighted by atomic mass is 19.1. The van der Waals surface area contributed by atoms with Gasteiger partial charge in [0, 0.05) is 18.1 Å². The molecule has 136 valence electrons. The largest absolute Gasteiger partial charge is 0.489 e. The SMILES string of the molecule is C=CC(=O)Nc1ccc(OCc2cccc(F)c2)cc1Cc1ccncc1. The maximum absolute atomic E-state index is 13.3. The molecule has 0 radical (unpaired) electrons. The van der Waals surface area contributed by atoms with Crippen molar-refractivity contribution in [3.05, 3.63) is 102 Å². The molecule has 0 spiro atoms. The maximum atomic E-state index is 13.3. The van der Waals surface area contributed by atoms with Gasteiger partial charge in [0.2, 0.25) is 5.91 Å². The molecule has 4 nitrogen and oxygen atoms in total. The van der Waals surface area contributed by atoms with Crippen molar-refractivity contribution in [3.63, 3.8) is 0 Å². The molecule has 0 aliphatic heterocycles. The summed E-state index contributed by atoms with van der Waals surface area (Å²) in [5.74, 6) is 0.0660. The molecule has 0 unspecified atom stereocenters. The summed E-state index contributed by atoms with van der Waals surface area (Å²) in [5.41, 5.74) is 3.39. The van der Waals surface area contributed by atoms with Crippen LogP contribution in [0, 0.1) is 5.82 Å². The van der Waals surface area contributed by atoms with Gasteiger partial charge in [0.15, 0.2) is 0 Å². The molecule has 0 fully saturated rings. The fourth-order valence-electron chi connectivity index (χ4n) is 2.63. The third kappa shape index (κ3) is 5.25. The van der Waals surface area contributed by atoms with Gasteiger partial charge in [0.1, 0.15) is 18.2 Å². The number of benzene rings is 2. The van der Waals surface area contributed by atoms with Crippen molar-refractivity contribution in [2.75, 3.05) is 5.32 Å². The van der Waals surface area contributed by atoms with E-state index in [1.54, 1.807) is 36.7 Å². The van der Waals surface area contributed by atoms with Crippen LogP contribution in [0.2, 0.25) is 0 Å². The molecule has 1 heterocycles. The molecule has 1 aromatic heterocycles. The Bertz CT molecular complexity index is 942. The molecular weight excluding hydrogens is 343 g/mol. The Morgan fingerprint density at radius 2 is 1.93 bits per heavy atom. The lowest BCUT2D eigenvalue weighted by atomic mass is 10.0. The second kappa shape index (κ2) is 8.76. The molecule has 3 rings (SSSR count). The number of halogens is 1. The first-order valence-electron chi connectivity index (χ1n) is 8.46. The maximum Gasteiger partial charge on any atom is 0.247 e. The molecule has 1 N–H and O–H groups in total. The molecule has 0 atom stereocenters. The van der Waals surface area contributed by atoms with Gasteiger partial charge in [-0.15, -0.1) is 0 Å². The number of rotatable bonds is 7. The van der Waals surface area contributed by atoms with E-state index in [-0.39, 0.29) is 18.3 Å². The number of aromatic nitrogens is 1. The number of pyridine rings is 1. The van der Waals surface area contributed by atoms with Crippen LogP contribution in [0.1, 0.15) is 16.7 Å². The van der Waals surface area contributed by atoms with Crippen LogP contribution < -0.4 is 10.1 Å². The van der Waals surface area contributed by atoms with Crippen LogP contribution in [0.3, 0.4) is 0 Å². The monoisotopic (exact) mass is 362 g/mol. The van der Waals surface area contributed by atoms with E-state index in [1.807, 2.05) is 18.2 Å². The number of hydrogen-bond donors (Lipinski definition) is 1. The van der Waals surface area contributed by atoms with Crippen molar-refractivity contribution < 1.29 is 13.9 Å². The quantitative estimate of drug-likeness (QED) is 0.629. The van der Waals surface area contributed by atoms with Crippen molar-refractivity contribution in [2.24, 2.45) is 0 Å². The number of ether oxygens (including phenoxy) is 1. The van der Waals surface area contributed by atoms with Gasteiger partial charge in [-0.1, -0.05) is 18.7 Å². The van der Waals surface area contributed by atoms with E-state index in [9.17, 15) is 9.18 Å². The second-order valence-corrected chi connectivity index (χ2v) is 5.96. The van der Waals surface area contributed by atoms with Gasteiger partial charge in [-0.05, 0) is 71.7 Å². The molecule has 5 heteroatoms. The summed E-state index contributed by atoms with van der Waals surface area (Å²) in [5, 5.41) is 2.81. The molecule has 0 bridgehead atoms. The van der Waals surface area contributed by atoms with Gasteiger partial charge in [-0.3, -0.25) is 9.78 Å². The van der Waals surface area contributed by atoms with E-state index in [1.165, 1.54) is 18.2 Å². The Morgan fingerprint density at radius 3 is 2.67 bits per heavy atom. The molecule has 3 aromatic rings. The van der Waals surface area contributed by atoms with Crippen molar-refractivity contribution in [1.82, 2.24) is 4.98 Å². The summed E-state index contributed by atoms with van der Waals surface area (Å²) in [6, 6.07) is 15.6. The zero-order valence-electron chi connectivity index (χ0n) is 14.7. The van der Waals surface area contributed by atoms with E-state index in [0.717, 1.165) is 16.7 Å². The number of anilines is 1. The predicted octanol–water partition coefficient (Wildman–Crippen LogP) is 4.52. The van der Waals surface area contributed by atoms with Crippen LogP contribution in [-0.2, 0) is 17.8 Å². The third-order valence-corrected chi connectivity index (χ3v) is 3.96. The number of nitrogens with zero attached hydrogens (tertiary/aromatic N) is 1. The minimum atomic E-state index is -0.294. The van der Waals surface area contributed by atoms with Crippen LogP contribution in [0.25, 0.3) is 0 Å². The number of hydrogen-bond acceptors (Lipinski definition) is 3. The first kappa shape index (κ1) is 18.3. The third-order valence-electron chi connectivity index (χ3n) is 3.96. The summed E-state index contributed by atoms with van der Waals surface area (Å²) >= 11 is 0. The van der Waals surface area contributed by atoms with Gasteiger partial charge < -0.3 is 10.1 Å². The minimum absolute atomic E-state index is 0.255. The van der Waals surface area contributed by atoms with Gasteiger partial charge in [0.05, 0.1) is 0 Å². The minimum Gasteiger partial charge on any atom is -0.489 e. The zero-order chi connectivity index (χ0) is 19.1. The fourth-order valence-corrected chi connectivity index (χ4v) is 2.63. The first-order valence-corrected chi connectivity index (χ1v) is 8.46.